The van der Waals surface area contributed by atoms with Crippen molar-refractivity contribution in [3.05, 3.63) is 22.7 Å². The minimum atomic E-state index is -1.12. The molecule has 0 saturated heterocycles. The maximum atomic E-state index is 12.4. The van der Waals surface area contributed by atoms with Gasteiger partial charge in [-0.1, -0.05) is 6.92 Å². The molecule has 0 bridgehead atoms. The fraction of sp³-hybridized carbons (Fsp3) is 0.692. The topological polar surface area (TPSA) is 60.9 Å². The third-order valence-electron chi connectivity index (χ3n) is 3.66. The molecule has 1 saturated carbocycles. The smallest absolute Gasteiger partial charge is 0.153 e. The zero-order valence-corrected chi connectivity index (χ0v) is 14.1. The molecule has 0 aliphatic heterocycles. The molecule has 1 aliphatic carbocycles. The van der Waals surface area contributed by atoms with Gasteiger partial charge in [-0.05, 0) is 55.5 Å². The van der Waals surface area contributed by atoms with Crippen molar-refractivity contribution >= 4 is 27.3 Å². The van der Waals surface area contributed by atoms with Crippen LogP contribution in [-0.4, -0.2) is 19.3 Å². The molecule has 4 nitrogen and oxygen atoms in total. The summed E-state index contributed by atoms with van der Waals surface area (Å²) in [6.45, 7) is 8.06. The molecule has 1 aromatic rings. The first-order valence-corrected chi connectivity index (χ1v) is 8.38. The number of nitrogens with one attached hydrogen (secondary N) is 1. The van der Waals surface area contributed by atoms with Crippen LogP contribution in [0, 0.1) is 5.92 Å². The number of halogens is 1. The molecule has 3 atom stereocenters. The second kappa shape index (κ2) is 5.31. The average molecular weight is 346 g/mol. The zero-order chi connectivity index (χ0) is 14.3. The lowest BCUT2D eigenvalue weighted by Crippen LogP contribution is -2.60. The van der Waals surface area contributed by atoms with Gasteiger partial charge in [-0.15, -0.1) is 4.72 Å². The van der Waals surface area contributed by atoms with E-state index in [4.69, 9.17) is 0 Å². The lowest BCUT2D eigenvalue weighted by Gasteiger charge is -2.47. The van der Waals surface area contributed by atoms with E-state index in [0.717, 1.165) is 23.1 Å². The van der Waals surface area contributed by atoms with Crippen molar-refractivity contribution in [1.29, 1.82) is 0 Å². The quantitative estimate of drug-likeness (QED) is 0.855. The molecule has 1 aromatic heterocycles. The maximum Gasteiger partial charge on any atom is 0.153 e. The van der Waals surface area contributed by atoms with Crippen LogP contribution < -0.4 is 4.72 Å². The highest BCUT2D eigenvalue weighted by Gasteiger charge is 2.52. The molecule has 0 spiro atoms. The van der Waals surface area contributed by atoms with Crippen molar-refractivity contribution in [2.24, 2.45) is 5.92 Å². The van der Waals surface area contributed by atoms with E-state index in [0.29, 0.717) is 5.92 Å². The predicted molar refractivity (Wildman–Crippen MR) is 80.8 cm³/mol. The standard InChI is InChI=1S/C13H20BrN3OS/c1-9-5-6-13(9,17-19(18)12(2,3)4)11-15-7-10(14)8-16-11/h7-9,17H,5-6H2,1-4H3. The Morgan fingerprint density at radius 1 is 1.42 bits per heavy atom. The third kappa shape index (κ3) is 2.96. The minimum Gasteiger partial charge on any atom is -0.598 e. The van der Waals surface area contributed by atoms with Crippen LogP contribution in [-0.2, 0) is 16.9 Å². The highest BCUT2D eigenvalue weighted by atomic mass is 79.9. The number of nitrogens with zero attached hydrogens (tertiary/aromatic N) is 2. The summed E-state index contributed by atoms with van der Waals surface area (Å²) in [5.41, 5.74) is -0.348. The largest absolute Gasteiger partial charge is 0.598 e. The van der Waals surface area contributed by atoms with Crippen LogP contribution in [0.25, 0.3) is 0 Å². The Kier molecular flexibility index (Phi) is 4.26. The summed E-state index contributed by atoms with van der Waals surface area (Å²) in [5, 5.41) is 0. The van der Waals surface area contributed by atoms with Gasteiger partial charge in [0, 0.05) is 23.8 Å². The molecule has 6 heteroatoms. The van der Waals surface area contributed by atoms with Crippen molar-refractivity contribution in [3.8, 4) is 0 Å². The number of hydrogen-bond donors (Lipinski definition) is 1. The van der Waals surface area contributed by atoms with Gasteiger partial charge in [0.1, 0.15) is 10.3 Å². The number of aromatic nitrogens is 2. The number of rotatable bonds is 3. The van der Waals surface area contributed by atoms with Crippen molar-refractivity contribution in [3.63, 3.8) is 0 Å². The molecule has 1 heterocycles. The van der Waals surface area contributed by atoms with Gasteiger partial charge in [-0.2, -0.15) is 0 Å². The van der Waals surface area contributed by atoms with Crippen LogP contribution in [0.5, 0.6) is 0 Å². The summed E-state index contributed by atoms with van der Waals surface area (Å²) in [7, 11) is 0. The van der Waals surface area contributed by atoms with Gasteiger partial charge in [0.25, 0.3) is 0 Å². The second-order valence-electron chi connectivity index (χ2n) is 6.12. The van der Waals surface area contributed by atoms with Crippen LogP contribution in [0.3, 0.4) is 0 Å². The van der Waals surface area contributed by atoms with Gasteiger partial charge in [0.05, 0.1) is 4.47 Å². The third-order valence-corrected chi connectivity index (χ3v) is 5.73. The summed E-state index contributed by atoms with van der Waals surface area (Å²) in [5.74, 6) is 1.13. The van der Waals surface area contributed by atoms with E-state index in [-0.39, 0.29) is 10.3 Å². The van der Waals surface area contributed by atoms with Crippen molar-refractivity contribution < 1.29 is 4.55 Å². The van der Waals surface area contributed by atoms with Crippen LogP contribution in [0.4, 0.5) is 0 Å². The fourth-order valence-electron chi connectivity index (χ4n) is 2.11. The van der Waals surface area contributed by atoms with E-state index in [1.165, 1.54) is 0 Å². The summed E-state index contributed by atoms with van der Waals surface area (Å²) < 4.78 is 16.2. The molecule has 2 rings (SSSR count). The first kappa shape index (κ1) is 15.2. The molecule has 0 radical (unpaired) electrons. The Hall–Kier alpha value is -0.170. The van der Waals surface area contributed by atoms with E-state index >= 15 is 0 Å². The van der Waals surface area contributed by atoms with Gasteiger partial charge in [-0.25, -0.2) is 9.97 Å². The Bertz CT molecular complexity index is 448. The Balaban J connectivity index is 2.27. The molecule has 19 heavy (non-hydrogen) atoms. The highest BCUT2D eigenvalue weighted by molar-refractivity contribution is 9.10. The van der Waals surface area contributed by atoms with E-state index in [1.54, 1.807) is 12.4 Å². The van der Waals surface area contributed by atoms with E-state index in [1.807, 2.05) is 20.8 Å². The summed E-state index contributed by atoms with van der Waals surface area (Å²) >= 11 is 2.22. The monoisotopic (exact) mass is 345 g/mol. The molecule has 0 aromatic carbocycles. The van der Waals surface area contributed by atoms with Crippen LogP contribution in [0.2, 0.25) is 0 Å². The molecule has 106 valence electrons. The lowest BCUT2D eigenvalue weighted by molar-refractivity contribution is 0.112. The highest BCUT2D eigenvalue weighted by Crippen LogP contribution is 2.46. The van der Waals surface area contributed by atoms with Gasteiger partial charge < -0.3 is 4.55 Å². The SMILES string of the molecule is CC1CCC1(N[S+]([O-])C(C)(C)C)c1ncc(Br)cn1. The van der Waals surface area contributed by atoms with E-state index < -0.39 is 11.4 Å². The van der Waals surface area contributed by atoms with Gasteiger partial charge in [-0.3, -0.25) is 0 Å². The Labute approximate surface area is 126 Å². The second-order valence-corrected chi connectivity index (χ2v) is 9.00. The van der Waals surface area contributed by atoms with E-state index in [9.17, 15) is 4.55 Å². The summed E-state index contributed by atoms with van der Waals surface area (Å²) in [4.78, 5) is 8.81. The Morgan fingerprint density at radius 2 is 2.00 bits per heavy atom. The van der Waals surface area contributed by atoms with Gasteiger partial charge >= 0.3 is 0 Å². The Morgan fingerprint density at radius 3 is 2.37 bits per heavy atom. The van der Waals surface area contributed by atoms with Crippen LogP contribution in [0.15, 0.2) is 16.9 Å². The predicted octanol–water partition coefficient (Wildman–Crippen LogP) is 2.92. The maximum absolute atomic E-state index is 12.4. The molecule has 1 fully saturated rings. The van der Waals surface area contributed by atoms with Gasteiger partial charge in [0.2, 0.25) is 0 Å². The molecule has 0 amide bonds. The molecule has 1 N–H and O–H groups in total. The van der Waals surface area contributed by atoms with Gasteiger partial charge in [0.15, 0.2) is 5.82 Å². The zero-order valence-electron chi connectivity index (χ0n) is 11.7. The van der Waals surface area contributed by atoms with Crippen molar-refractivity contribution in [1.82, 2.24) is 14.7 Å². The summed E-state index contributed by atoms with van der Waals surface area (Å²) in [6, 6.07) is 0. The first-order chi connectivity index (χ1) is 8.75. The summed E-state index contributed by atoms with van der Waals surface area (Å²) in [6.07, 6.45) is 5.53. The molecular weight excluding hydrogens is 326 g/mol. The molecule has 1 aliphatic rings. The normalized spacial score (nSPS) is 28.8. The number of hydrogen-bond acceptors (Lipinski definition) is 4. The van der Waals surface area contributed by atoms with Crippen molar-refractivity contribution in [2.45, 2.75) is 50.8 Å². The fourth-order valence-corrected chi connectivity index (χ4v) is 3.35. The molecular formula is C13H20BrN3OS. The van der Waals surface area contributed by atoms with Crippen molar-refractivity contribution in [2.75, 3.05) is 0 Å². The lowest BCUT2D eigenvalue weighted by atomic mass is 9.67. The van der Waals surface area contributed by atoms with E-state index in [2.05, 4.69) is 37.5 Å². The van der Waals surface area contributed by atoms with Crippen LogP contribution in [0.1, 0.15) is 46.4 Å². The first-order valence-electron chi connectivity index (χ1n) is 6.43. The average Bonchev–Trinajstić information content (AvgIpc) is 2.33. The molecule has 3 unspecified atom stereocenters. The minimum absolute atomic E-state index is 0.294. The van der Waals surface area contributed by atoms with Crippen LogP contribution >= 0.6 is 15.9 Å².